The van der Waals surface area contributed by atoms with Crippen LogP contribution in [0.25, 0.3) is 0 Å². The third kappa shape index (κ3) is 3.35. The Morgan fingerprint density at radius 1 is 1.11 bits per heavy atom. The Labute approximate surface area is 121 Å². The molecule has 0 atom stereocenters. The molecule has 0 aliphatic heterocycles. The number of hydrogen-bond acceptors (Lipinski definition) is 1. The first-order valence-electron chi connectivity index (χ1n) is 6.23. The van der Waals surface area contributed by atoms with Crippen molar-refractivity contribution in [2.45, 2.75) is 25.1 Å². The largest absolute Gasteiger partial charge is 0.457 e. The van der Waals surface area contributed by atoms with Crippen LogP contribution in [0.15, 0.2) is 42.5 Å². The van der Waals surface area contributed by atoms with Gasteiger partial charge in [0.1, 0.15) is 17.3 Å². The van der Waals surface area contributed by atoms with Gasteiger partial charge in [0.15, 0.2) is 0 Å². The average Bonchev–Trinajstić information content (AvgIpc) is 2.39. The Morgan fingerprint density at radius 2 is 1.79 bits per heavy atom. The molecule has 19 heavy (non-hydrogen) atoms. The van der Waals surface area contributed by atoms with Crippen molar-refractivity contribution in [1.82, 2.24) is 0 Å². The van der Waals surface area contributed by atoms with Crippen molar-refractivity contribution < 1.29 is 9.13 Å². The molecule has 0 unspecified atom stereocenters. The second-order valence-electron chi connectivity index (χ2n) is 4.68. The first kappa shape index (κ1) is 14.1. The van der Waals surface area contributed by atoms with E-state index in [4.69, 9.17) is 4.74 Å². The Bertz CT molecular complexity index is 549. The van der Waals surface area contributed by atoms with Crippen LogP contribution in [0.2, 0.25) is 0 Å². The number of hydrogen-bond donors (Lipinski definition) is 0. The van der Waals surface area contributed by atoms with E-state index in [2.05, 4.69) is 29.8 Å². The van der Waals surface area contributed by atoms with Crippen molar-refractivity contribution in [2.75, 3.05) is 0 Å². The van der Waals surface area contributed by atoms with Gasteiger partial charge < -0.3 is 4.74 Å². The van der Waals surface area contributed by atoms with E-state index in [1.807, 2.05) is 24.3 Å². The lowest BCUT2D eigenvalue weighted by molar-refractivity contribution is 0.470. The van der Waals surface area contributed by atoms with E-state index >= 15 is 0 Å². The third-order valence-corrected chi connectivity index (χ3v) is 3.54. The van der Waals surface area contributed by atoms with E-state index in [-0.39, 0.29) is 5.82 Å². The van der Waals surface area contributed by atoms with Crippen molar-refractivity contribution in [2.24, 2.45) is 0 Å². The summed E-state index contributed by atoms with van der Waals surface area (Å²) in [7, 11) is 0. The molecule has 0 saturated heterocycles. The van der Waals surface area contributed by atoms with E-state index in [0.717, 1.165) is 5.75 Å². The Kier molecular flexibility index (Phi) is 4.59. The molecular formula is C16H16BrFO. The number of halogens is 2. The smallest absolute Gasteiger partial charge is 0.134 e. The van der Waals surface area contributed by atoms with Crippen LogP contribution >= 0.6 is 15.9 Å². The molecule has 2 aromatic rings. The van der Waals surface area contributed by atoms with Gasteiger partial charge in [-0.3, -0.25) is 0 Å². The molecule has 0 saturated carbocycles. The molecular weight excluding hydrogens is 307 g/mol. The van der Waals surface area contributed by atoms with Crippen LogP contribution in [-0.4, -0.2) is 0 Å². The molecule has 2 aromatic carbocycles. The van der Waals surface area contributed by atoms with E-state index in [1.54, 1.807) is 12.1 Å². The molecule has 0 aromatic heterocycles. The maximum Gasteiger partial charge on any atom is 0.134 e. The summed E-state index contributed by atoms with van der Waals surface area (Å²) in [5.41, 5.74) is 1.79. The van der Waals surface area contributed by atoms with Crippen molar-refractivity contribution in [3.05, 3.63) is 59.4 Å². The SMILES string of the molecule is CC(C)c1ccc(Oc2cccc(F)c2CBr)cc1. The van der Waals surface area contributed by atoms with Gasteiger partial charge in [0.25, 0.3) is 0 Å². The maximum atomic E-state index is 13.6. The molecule has 0 aliphatic carbocycles. The van der Waals surface area contributed by atoms with Gasteiger partial charge in [-0.2, -0.15) is 0 Å². The van der Waals surface area contributed by atoms with Crippen molar-refractivity contribution in [3.8, 4) is 11.5 Å². The third-order valence-electron chi connectivity index (χ3n) is 2.98. The Hall–Kier alpha value is -1.35. The summed E-state index contributed by atoms with van der Waals surface area (Å²) in [6, 6.07) is 12.8. The van der Waals surface area contributed by atoms with Gasteiger partial charge >= 0.3 is 0 Å². The summed E-state index contributed by atoms with van der Waals surface area (Å²) < 4.78 is 19.4. The zero-order valence-electron chi connectivity index (χ0n) is 11.0. The molecule has 0 heterocycles. The second kappa shape index (κ2) is 6.20. The molecule has 0 spiro atoms. The van der Waals surface area contributed by atoms with Crippen molar-refractivity contribution in [1.29, 1.82) is 0 Å². The summed E-state index contributed by atoms with van der Waals surface area (Å²) in [6.45, 7) is 4.29. The Balaban J connectivity index is 2.24. The molecule has 1 nitrogen and oxygen atoms in total. The number of rotatable bonds is 4. The van der Waals surface area contributed by atoms with E-state index in [9.17, 15) is 4.39 Å². The van der Waals surface area contributed by atoms with E-state index in [0.29, 0.717) is 22.6 Å². The minimum absolute atomic E-state index is 0.256. The fraction of sp³-hybridized carbons (Fsp3) is 0.250. The van der Waals surface area contributed by atoms with Gasteiger partial charge in [-0.25, -0.2) is 4.39 Å². The zero-order valence-corrected chi connectivity index (χ0v) is 12.6. The molecule has 0 amide bonds. The number of benzene rings is 2. The van der Waals surface area contributed by atoms with Gasteiger partial charge in [-0.1, -0.05) is 48.0 Å². The number of ether oxygens (including phenoxy) is 1. The van der Waals surface area contributed by atoms with Crippen LogP contribution in [0, 0.1) is 5.82 Å². The fourth-order valence-electron chi connectivity index (χ4n) is 1.81. The zero-order chi connectivity index (χ0) is 13.8. The monoisotopic (exact) mass is 322 g/mol. The number of alkyl halides is 1. The maximum absolute atomic E-state index is 13.6. The summed E-state index contributed by atoms with van der Waals surface area (Å²) in [5.74, 6) is 1.50. The topological polar surface area (TPSA) is 9.23 Å². The van der Waals surface area contributed by atoms with Crippen LogP contribution in [0.1, 0.15) is 30.9 Å². The van der Waals surface area contributed by atoms with Gasteiger partial charge in [0, 0.05) is 10.9 Å². The molecule has 0 fully saturated rings. The highest BCUT2D eigenvalue weighted by Gasteiger charge is 2.09. The molecule has 2 rings (SSSR count). The van der Waals surface area contributed by atoms with Gasteiger partial charge in [-0.05, 0) is 35.7 Å². The van der Waals surface area contributed by atoms with Crippen molar-refractivity contribution >= 4 is 15.9 Å². The predicted molar refractivity (Wildman–Crippen MR) is 79.6 cm³/mol. The molecule has 0 aliphatic rings. The molecule has 100 valence electrons. The second-order valence-corrected chi connectivity index (χ2v) is 5.24. The highest BCUT2D eigenvalue weighted by Crippen LogP contribution is 2.29. The minimum Gasteiger partial charge on any atom is -0.457 e. The van der Waals surface area contributed by atoms with Crippen LogP contribution in [0.5, 0.6) is 11.5 Å². The van der Waals surface area contributed by atoms with Gasteiger partial charge in [0.2, 0.25) is 0 Å². The van der Waals surface area contributed by atoms with Crippen molar-refractivity contribution in [3.63, 3.8) is 0 Å². The van der Waals surface area contributed by atoms with Crippen LogP contribution in [0.4, 0.5) is 4.39 Å². The quantitative estimate of drug-likeness (QED) is 0.662. The predicted octanol–water partition coefficient (Wildman–Crippen LogP) is 5.64. The lowest BCUT2D eigenvalue weighted by Crippen LogP contribution is -1.93. The van der Waals surface area contributed by atoms with Crippen LogP contribution in [-0.2, 0) is 5.33 Å². The molecule has 3 heteroatoms. The lowest BCUT2D eigenvalue weighted by Gasteiger charge is -2.11. The van der Waals surface area contributed by atoms with E-state index < -0.39 is 0 Å². The lowest BCUT2D eigenvalue weighted by atomic mass is 10.0. The minimum atomic E-state index is -0.256. The first-order chi connectivity index (χ1) is 9.11. The van der Waals surface area contributed by atoms with Gasteiger partial charge in [0.05, 0.1) is 0 Å². The molecule has 0 N–H and O–H groups in total. The van der Waals surface area contributed by atoms with E-state index in [1.165, 1.54) is 11.6 Å². The molecule has 0 bridgehead atoms. The summed E-state index contributed by atoms with van der Waals surface area (Å²) in [4.78, 5) is 0. The highest BCUT2D eigenvalue weighted by atomic mass is 79.9. The standard InChI is InChI=1S/C16H16BrFO/c1-11(2)12-6-8-13(9-7-12)19-16-5-3-4-15(18)14(16)10-17/h3-9,11H,10H2,1-2H3. The van der Waals surface area contributed by atoms with Gasteiger partial charge in [-0.15, -0.1) is 0 Å². The summed E-state index contributed by atoms with van der Waals surface area (Å²) >= 11 is 3.28. The van der Waals surface area contributed by atoms with Crippen LogP contribution in [0.3, 0.4) is 0 Å². The normalized spacial score (nSPS) is 10.8. The Morgan fingerprint density at radius 3 is 2.37 bits per heavy atom. The summed E-state index contributed by atoms with van der Waals surface area (Å²) in [5, 5.41) is 0.430. The molecule has 0 radical (unpaired) electrons. The summed E-state index contributed by atoms with van der Waals surface area (Å²) in [6.07, 6.45) is 0. The highest BCUT2D eigenvalue weighted by molar-refractivity contribution is 9.08. The first-order valence-corrected chi connectivity index (χ1v) is 7.35. The van der Waals surface area contributed by atoms with Crippen LogP contribution < -0.4 is 4.74 Å². The fourth-order valence-corrected chi connectivity index (χ4v) is 2.36. The average molecular weight is 323 g/mol.